The standard InChI is InChI=1S/C27H24O8/c28-23-16-21(34-26(30)19-12-6-2-7-13-19)24(35-27(31)20-14-8-3-9-15-20)22(33-23)17-32-25(29)18-10-4-1-5-11-18/h1-15,21-24,28H,16-17H2/t21-,22-,23+,24+/m1/s1/i16D/t16-,21+,22+,23-,24-/m0. The van der Waals surface area contributed by atoms with Gasteiger partial charge in [-0.15, -0.1) is 0 Å². The molecule has 180 valence electrons. The second-order valence-corrected chi connectivity index (χ2v) is 7.69. The Morgan fingerprint density at radius 1 is 0.771 bits per heavy atom. The maximum absolute atomic E-state index is 12.9. The molecule has 1 heterocycles. The second-order valence-electron chi connectivity index (χ2n) is 7.69. The van der Waals surface area contributed by atoms with Crippen LogP contribution in [0.15, 0.2) is 91.0 Å². The molecule has 4 rings (SSSR count). The molecule has 1 aliphatic heterocycles. The van der Waals surface area contributed by atoms with Crippen molar-refractivity contribution in [3.8, 4) is 0 Å². The van der Waals surface area contributed by atoms with Crippen LogP contribution in [-0.2, 0) is 18.9 Å². The molecule has 0 saturated carbocycles. The Labute approximate surface area is 203 Å². The van der Waals surface area contributed by atoms with Crippen molar-refractivity contribution in [2.45, 2.75) is 31.0 Å². The van der Waals surface area contributed by atoms with Gasteiger partial charge in [-0.1, -0.05) is 54.6 Å². The van der Waals surface area contributed by atoms with E-state index in [9.17, 15) is 19.5 Å². The van der Waals surface area contributed by atoms with Crippen LogP contribution in [0.3, 0.4) is 0 Å². The van der Waals surface area contributed by atoms with E-state index in [0.29, 0.717) is 0 Å². The van der Waals surface area contributed by atoms with Gasteiger partial charge in [-0.3, -0.25) is 0 Å². The van der Waals surface area contributed by atoms with Crippen LogP contribution in [0.1, 0.15) is 38.8 Å². The fourth-order valence-corrected chi connectivity index (χ4v) is 3.52. The number of aliphatic hydroxyl groups is 1. The number of carbonyl (C=O) groups excluding carboxylic acids is 3. The van der Waals surface area contributed by atoms with E-state index in [0.717, 1.165) is 0 Å². The molecule has 5 atom stereocenters. The van der Waals surface area contributed by atoms with E-state index in [1.165, 1.54) is 24.3 Å². The smallest absolute Gasteiger partial charge is 0.338 e. The summed E-state index contributed by atoms with van der Waals surface area (Å²) in [5, 5.41) is 10.4. The number of ether oxygens (including phenoxy) is 4. The van der Waals surface area contributed by atoms with Gasteiger partial charge in [0.15, 0.2) is 12.4 Å². The molecule has 8 heteroatoms. The van der Waals surface area contributed by atoms with Gasteiger partial charge in [0, 0.05) is 7.77 Å². The first kappa shape index (κ1) is 22.8. The van der Waals surface area contributed by atoms with E-state index in [2.05, 4.69) is 0 Å². The molecule has 1 aliphatic rings. The highest BCUT2D eigenvalue weighted by atomic mass is 16.7. The Morgan fingerprint density at radius 3 is 1.74 bits per heavy atom. The van der Waals surface area contributed by atoms with E-state index in [4.69, 9.17) is 20.3 Å². The van der Waals surface area contributed by atoms with Gasteiger partial charge in [0.25, 0.3) is 0 Å². The maximum atomic E-state index is 12.9. The molecule has 8 nitrogen and oxygen atoms in total. The third kappa shape index (κ3) is 6.32. The van der Waals surface area contributed by atoms with Crippen LogP contribution in [0.2, 0.25) is 0 Å². The molecule has 0 amide bonds. The Hall–Kier alpha value is -4.01. The van der Waals surface area contributed by atoms with Crippen LogP contribution in [0.5, 0.6) is 0 Å². The molecule has 0 spiro atoms. The van der Waals surface area contributed by atoms with Crippen LogP contribution in [0.25, 0.3) is 0 Å². The molecule has 3 aromatic rings. The highest BCUT2D eigenvalue weighted by Gasteiger charge is 2.44. The quantitative estimate of drug-likeness (QED) is 0.408. The van der Waals surface area contributed by atoms with Gasteiger partial charge in [-0.25, -0.2) is 14.4 Å². The zero-order chi connectivity index (χ0) is 25.5. The van der Waals surface area contributed by atoms with Gasteiger partial charge >= 0.3 is 17.9 Å². The topological polar surface area (TPSA) is 108 Å². The van der Waals surface area contributed by atoms with Gasteiger partial charge in [0.1, 0.15) is 18.8 Å². The van der Waals surface area contributed by atoms with Crippen LogP contribution >= 0.6 is 0 Å². The van der Waals surface area contributed by atoms with Crippen LogP contribution < -0.4 is 0 Å². The Balaban J connectivity index is 1.57. The number of hydrogen-bond donors (Lipinski definition) is 1. The first-order chi connectivity index (χ1) is 17.4. The van der Waals surface area contributed by atoms with E-state index in [1.54, 1.807) is 66.7 Å². The largest absolute Gasteiger partial charge is 0.459 e. The van der Waals surface area contributed by atoms with Crippen molar-refractivity contribution in [2.75, 3.05) is 6.61 Å². The summed E-state index contributed by atoms with van der Waals surface area (Å²) in [6.45, 7) is -0.427. The lowest BCUT2D eigenvalue weighted by molar-refractivity contribution is -0.239. The van der Waals surface area contributed by atoms with Gasteiger partial charge in [-0.2, -0.15) is 0 Å². The van der Waals surface area contributed by atoms with E-state index in [1.807, 2.05) is 0 Å². The van der Waals surface area contributed by atoms with Crippen LogP contribution in [0.4, 0.5) is 0 Å². The SMILES string of the molecule is [2H][C@H]1[C@@H](OC(=O)c2ccccc2)[C@H](OC(=O)c2ccccc2)[C@@H](COC(=O)c2ccccc2)O[C@@H]1O. The van der Waals surface area contributed by atoms with E-state index >= 15 is 0 Å². The lowest BCUT2D eigenvalue weighted by Crippen LogP contribution is -2.54. The van der Waals surface area contributed by atoms with E-state index < -0.39 is 55.5 Å². The van der Waals surface area contributed by atoms with Gasteiger partial charge in [-0.05, 0) is 36.4 Å². The first-order valence-electron chi connectivity index (χ1n) is 11.5. The summed E-state index contributed by atoms with van der Waals surface area (Å²) in [6.07, 6.45) is -7.15. The maximum Gasteiger partial charge on any atom is 0.338 e. The minimum absolute atomic E-state index is 0.214. The summed E-state index contributed by atoms with van der Waals surface area (Å²) in [5.74, 6) is -2.19. The van der Waals surface area contributed by atoms with Crippen molar-refractivity contribution in [3.63, 3.8) is 0 Å². The molecular weight excluding hydrogens is 452 g/mol. The summed E-state index contributed by atoms with van der Waals surface area (Å²) in [6, 6.07) is 24.4. The molecule has 0 bridgehead atoms. The van der Waals surface area contributed by atoms with Crippen molar-refractivity contribution in [3.05, 3.63) is 108 Å². The Bertz CT molecular complexity index is 1170. The minimum atomic E-state index is -1.69. The summed E-state index contributed by atoms with van der Waals surface area (Å²) in [4.78, 5) is 38.1. The van der Waals surface area contributed by atoms with Crippen molar-refractivity contribution in [2.24, 2.45) is 0 Å². The molecule has 3 aromatic carbocycles. The van der Waals surface area contributed by atoms with Gasteiger partial charge in [0.2, 0.25) is 0 Å². The molecule has 0 radical (unpaired) electrons. The highest BCUT2D eigenvalue weighted by Crippen LogP contribution is 2.27. The van der Waals surface area contributed by atoms with Crippen LogP contribution in [0, 0.1) is 0 Å². The van der Waals surface area contributed by atoms with Crippen molar-refractivity contribution < 1.29 is 39.8 Å². The Kier molecular flexibility index (Phi) is 7.42. The molecule has 0 aromatic heterocycles. The molecular formula is C27H24O8. The average molecular weight is 477 g/mol. The Morgan fingerprint density at radius 2 is 1.23 bits per heavy atom. The van der Waals surface area contributed by atoms with Gasteiger partial charge in [0.05, 0.1) is 16.7 Å². The number of esters is 3. The van der Waals surface area contributed by atoms with Crippen LogP contribution in [-0.4, -0.2) is 54.2 Å². The summed E-state index contributed by atoms with van der Waals surface area (Å²) in [7, 11) is 0. The second kappa shape index (κ2) is 11.4. The minimum Gasteiger partial charge on any atom is -0.459 e. The third-order valence-electron chi connectivity index (χ3n) is 5.25. The molecule has 35 heavy (non-hydrogen) atoms. The molecule has 1 saturated heterocycles. The monoisotopic (exact) mass is 477 g/mol. The number of aliphatic hydroxyl groups excluding tert-OH is 1. The molecule has 0 aliphatic carbocycles. The first-order valence-corrected chi connectivity index (χ1v) is 10.9. The predicted octanol–water partition coefficient (Wildman–Crippen LogP) is 3.40. The third-order valence-corrected chi connectivity index (χ3v) is 5.25. The average Bonchev–Trinajstić information content (AvgIpc) is 2.92. The number of carbonyl (C=O) groups is 3. The molecule has 0 unspecified atom stereocenters. The number of hydrogen-bond acceptors (Lipinski definition) is 8. The predicted molar refractivity (Wildman–Crippen MR) is 124 cm³/mol. The zero-order valence-electron chi connectivity index (χ0n) is 19.6. The zero-order valence-corrected chi connectivity index (χ0v) is 18.6. The van der Waals surface area contributed by atoms with Crippen molar-refractivity contribution in [1.29, 1.82) is 0 Å². The van der Waals surface area contributed by atoms with E-state index in [-0.39, 0.29) is 16.7 Å². The van der Waals surface area contributed by atoms with Crippen molar-refractivity contribution >= 4 is 17.9 Å². The van der Waals surface area contributed by atoms with Crippen molar-refractivity contribution in [1.82, 2.24) is 0 Å². The summed E-state index contributed by atoms with van der Waals surface area (Å²) in [5.41, 5.74) is 0.723. The normalized spacial score (nSPS) is 24.0. The number of rotatable bonds is 7. The summed E-state index contributed by atoms with van der Waals surface area (Å²) >= 11 is 0. The molecule has 1 N–H and O–H groups in total. The fourth-order valence-electron chi connectivity index (χ4n) is 3.52. The highest BCUT2D eigenvalue weighted by molar-refractivity contribution is 5.90. The fraction of sp³-hybridized carbons (Fsp3) is 0.222. The lowest BCUT2D eigenvalue weighted by Gasteiger charge is -2.38. The van der Waals surface area contributed by atoms with Gasteiger partial charge < -0.3 is 24.1 Å². The number of benzene rings is 3. The lowest BCUT2D eigenvalue weighted by atomic mass is 10.0. The summed E-state index contributed by atoms with van der Waals surface area (Å²) < 4.78 is 30.4. The molecule has 1 fully saturated rings.